The van der Waals surface area contributed by atoms with Crippen LogP contribution in [-0.4, -0.2) is 59.5 Å². The normalized spacial score (nSPS) is 24.9. The fourth-order valence-corrected chi connectivity index (χ4v) is 2.83. The first-order valence-electron chi connectivity index (χ1n) is 7.46. The van der Waals surface area contributed by atoms with E-state index in [1.165, 1.54) is 0 Å². The van der Waals surface area contributed by atoms with Gasteiger partial charge in [-0.1, -0.05) is 0 Å². The number of ether oxygens (including phenoxy) is 2. The van der Waals surface area contributed by atoms with Gasteiger partial charge in [-0.05, 0) is 13.8 Å². The highest BCUT2D eigenvalue weighted by Crippen LogP contribution is 2.32. The Morgan fingerprint density at radius 1 is 1.30 bits per heavy atom. The standard InChI is InChI=1S/C14H19N5O4/c1-3-22-13(20)8-10(14(21)23-4-2)19-6-5-18-7-16-11(15)9(17-8)12(18)19/h5-6,8,10,17H,3-4,7H2,1-2H3,(H2,15,16)/t8-,10+/m1/s1. The molecule has 3 N–H and O–H groups in total. The van der Waals surface area contributed by atoms with E-state index in [1.807, 2.05) is 4.90 Å². The summed E-state index contributed by atoms with van der Waals surface area (Å²) in [6.45, 7) is 4.22. The molecule has 0 radical (unpaired) electrons. The quantitative estimate of drug-likeness (QED) is 0.637. The fraction of sp³-hybridized carbons (Fsp3) is 0.500. The molecule has 3 aliphatic rings. The van der Waals surface area contributed by atoms with Gasteiger partial charge in [0.05, 0.1) is 13.2 Å². The molecule has 0 amide bonds. The van der Waals surface area contributed by atoms with Crippen LogP contribution in [0.15, 0.2) is 28.9 Å². The molecule has 0 fully saturated rings. The van der Waals surface area contributed by atoms with Gasteiger partial charge in [0.2, 0.25) is 0 Å². The number of amidine groups is 1. The fourth-order valence-electron chi connectivity index (χ4n) is 2.83. The molecule has 0 aromatic rings. The number of esters is 2. The lowest BCUT2D eigenvalue weighted by Crippen LogP contribution is -2.62. The topological polar surface area (TPSA) is 109 Å². The molecule has 3 heterocycles. The lowest BCUT2D eigenvalue weighted by Gasteiger charge is -2.41. The third-order valence-electron chi connectivity index (χ3n) is 3.78. The third kappa shape index (κ3) is 2.37. The summed E-state index contributed by atoms with van der Waals surface area (Å²) in [4.78, 5) is 32.4. The summed E-state index contributed by atoms with van der Waals surface area (Å²) in [7, 11) is 0. The Balaban J connectivity index is 2.01. The monoisotopic (exact) mass is 321 g/mol. The molecule has 0 saturated carbocycles. The first-order chi connectivity index (χ1) is 11.1. The van der Waals surface area contributed by atoms with Gasteiger partial charge < -0.3 is 30.3 Å². The molecule has 0 aromatic heterocycles. The summed E-state index contributed by atoms with van der Waals surface area (Å²) in [5.74, 6) is -0.0582. The van der Waals surface area contributed by atoms with Gasteiger partial charge in [-0.2, -0.15) is 0 Å². The van der Waals surface area contributed by atoms with Crippen molar-refractivity contribution >= 4 is 17.8 Å². The van der Waals surface area contributed by atoms with Crippen molar-refractivity contribution in [2.45, 2.75) is 25.9 Å². The predicted molar refractivity (Wildman–Crippen MR) is 80.3 cm³/mol. The van der Waals surface area contributed by atoms with Crippen molar-refractivity contribution in [1.82, 2.24) is 15.1 Å². The molecule has 2 atom stereocenters. The summed E-state index contributed by atoms with van der Waals surface area (Å²) in [5, 5.41) is 3.01. The maximum absolute atomic E-state index is 12.4. The average Bonchev–Trinajstić information content (AvgIpc) is 2.95. The molecule has 9 nitrogen and oxygen atoms in total. The maximum Gasteiger partial charge on any atom is 0.331 e. The molecule has 9 heteroatoms. The Bertz CT molecular complexity index is 627. The highest BCUT2D eigenvalue weighted by Gasteiger charge is 2.49. The molecule has 23 heavy (non-hydrogen) atoms. The summed E-state index contributed by atoms with van der Waals surface area (Å²) < 4.78 is 10.2. The van der Waals surface area contributed by atoms with Crippen molar-refractivity contribution in [1.29, 1.82) is 0 Å². The van der Waals surface area contributed by atoms with Gasteiger partial charge >= 0.3 is 11.9 Å². The summed E-state index contributed by atoms with van der Waals surface area (Å²) in [6, 6.07) is -1.79. The van der Waals surface area contributed by atoms with E-state index in [1.54, 1.807) is 31.1 Å². The Kier molecular flexibility index (Phi) is 3.85. The van der Waals surface area contributed by atoms with Crippen LogP contribution in [0.3, 0.4) is 0 Å². The summed E-state index contributed by atoms with van der Waals surface area (Å²) in [6.07, 6.45) is 3.50. The van der Waals surface area contributed by atoms with Gasteiger partial charge in [0.1, 0.15) is 24.0 Å². The van der Waals surface area contributed by atoms with Crippen LogP contribution in [0.4, 0.5) is 0 Å². The first kappa shape index (κ1) is 15.2. The Morgan fingerprint density at radius 2 is 2.00 bits per heavy atom. The lowest BCUT2D eigenvalue weighted by molar-refractivity contribution is -0.158. The van der Waals surface area contributed by atoms with Crippen LogP contribution < -0.4 is 11.1 Å². The highest BCUT2D eigenvalue weighted by atomic mass is 16.5. The SMILES string of the molecule is CCOC(=O)[C@@H]1[C@H](C(=O)OCC)NC2=C3N(C=CN31)CN=C2N. The van der Waals surface area contributed by atoms with Crippen LogP contribution >= 0.6 is 0 Å². The first-order valence-corrected chi connectivity index (χ1v) is 7.46. The zero-order valence-electron chi connectivity index (χ0n) is 13.0. The maximum atomic E-state index is 12.4. The number of carbonyl (C=O) groups is 2. The van der Waals surface area contributed by atoms with Crippen LogP contribution in [0, 0.1) is 0 Å². The van der Waals surface area contributed by atoms with Gasteiger partial charge in [0.15, 0.2) is 12.1 Å². The van der Waals surface area contributed by atoms with E-state index in [2.05, 4.69) is 10.3 Å². The van der Waals surface area contributed by atoms with E-state index < -0.39 is 24.0 Å². The smallest absolute Gasteiger partial charge is 0.331 e. The largest absolute Gasteiger partial charge is 0.464 e. The van der Waals surface area contributed by atoms with Crippen molar-refractivity contribution in [3.05, 3.63) is 23.9 Å². The van der Waals surface area contributed by atoms with Gasteiger partial charge in [0, 0.05) is 12.4 Å². The van der Waals surface area contributed by atoms with E-state index in [0.717, 1.165) is 0 Å². The van der Waals surface area contributed by atoms with Crippen molar-refractivity contribution in [2.24, 2.45) is 10.7 Å². The second-order valence-corrected chi connectivity index (χ2v) is 5.13. The number of nitrogens with zero attached hydrogens (tertiary/aromatic N) is 3. The minimum atomic E-state index is -0.927. The van der Waals surface area contributed by atoms with Crippen LogP contribution in [0.1, 0.15) is 13.8 Å². The van der Waals surface area contributed by atoms with E-state index >= 15 is 0 Å². The molecule has 3 aliphatic heterocycles. The molecular weight excluding hydrogens is 302 g/mol. The molecule has 124 valence electrons. The van der Waals surface area contributed by atoms with E-state index in [9.17, 15) is 9.59 Å². The van der Waals surface area contributed by atoms with Crippen molar-refractivity contribution in [3.63, 3.8) is 0 Å². The second kappa shape index (κ2) is 5.82. The van der Waals surface area contributed by atoms with Crippen molar-refractivity contribution in [2.75, 3.05) is 19.9 Å². The number of rotatable bonds is 4. The minimum Gasteiger partial charge on any atom is -0.464 e. The minimum absolute atomic E-state index is 0.212. The molecule has 0 aromatic carbocycles. The number of carbonyl (C=O) groups excluding carboxylic acids is 2. The third-order valence-corrected chi connectivity index (χ3v) is 3.78. The van der Waals surface area contributed by atoms with E-state index in [0.29, 0.717) is 24.0 Å². The zero-order chi connectivity index (χ0) is 16.6. The summed E-state index contributed by atoms with van der Waals surface area (Å²) in [5.41, 5.74) is 6.45. The number of nitrogens with two attached hydrogens (primary N) is 1. The predicted octanol–water partition coefficient (Wildman–Crippen LogP) is -0.961. The van der Waals surface area contributed by atoms with Gasteiger partial charge in [-0.25, -0.2) is 14.6 Å². The number of aliphatic imine (C=N–C) groups is 1. The molecule has 0 spiro atoms. The number of nitrogens with one attached hydrogen (secondary N) is 1. The van der Waals surface area contributed by atoms with Crippen molar-refractivity contribution < 1.29 is 19.1 Å². The van der Waals surface area contributed by atoms with Crippen LogP contribution in [-0.2, 0) is 19.1 Å². The van der Waals surface area contributed by atoms with E-state index in [4.69, 9.17) is 15.2 Å². The molecular formula is C14H19N5O4. The molecule has 0 unspecified atom stereocenters. The zero-order valence-corrected chi connectivity index (χ0v) is 13.0. The number of hydrogen-bond acceptors (Lipinski definition) is 9. The van der Waals surface area contributed by atoms with Crippen molar-refractivity contribution in [3.8, 4) is 0 Å². The molecule has 0 aliphatic carbocycles. The van der Waals surface area contributed by atoms with Gasteiger partial charge in [-0.3, -0.25) is 0 Å². The lowest BCUT2D eigenvalue weighted by atomic mass is 10.0. The van der Waals surface area contributed by atoms with E-state index in [-0.39, 0.29) is 13.2 Å². The summed E-state index contributed by atoms with van der Waals surface area (Å²) >= 11 is 0. The second-order valence-electron chi connectivity index (χ2n) is 5.13. The van der Waals surface area contributed by atoms with Gasteiger partial charge in [0.25, 0.3) is 0 Å². The Labute approximate surface area is 133 Å². The van der Waals surface area contributed by atoms with Crippen LogP contribution in [0.25, 0.3) is 0 Å². The Hall–Kier alpha value is -2.71. The number of hydrogen-bond donors (Lipinski definition) is 2. The molecule has 3 rings (SSSR count). The highest BCUT2D eigenvalue weighted by molar-refractivity contribution is 6.00. The average molecular weight is 321 g/mol. The van der Waals surface area contributed by atoms with Crippen LogP contribution in [0.2, 0.25) is 0 Å². The Morgan fingerprint density at radius 3 is 2.70 bits per heavy atom. The molecule has 0 bridgehead atoms. The van der Waals surface area contributed by atoms with Crippen LogP contribution in [0.5, 0.6) is 0 Å². The van der Waals surface area contributed by atoms with Gasteiger partial charge in [-0.15, -0.1) is 0 Å². The molecule has 0 saturated heterocycles.